The van der Waals surface area contributed by atoms with Gasteiger partial charge in [0.25, 0.3) is 5.91 Å². The average molecular weight is 361 g/mol. The molecule has 0 aliphatic carbocycles. The van der Waals surface area contributed by atoms with E-state index in [2.05, 4.69) is 5.32 Å². The quantitative estimate of drug-likeness (QED) is 0.622. The Labute approximate surface area is 150 Å². The van der Waals surface area contributed by atoms with Crippen molar-refractivity contribution >= 4 is 29.3 Å². The first-order chi connectivity index (χ1) is 11.9. The smallest absolute Gasteiger partial charge is 0.317 e. The number of benzene rings is 2. The summed E-state index contributed by atoms with van der Waals surface area (Å²) in [5, 5.41) is 2.40. The lowest BCUT2D eigenvalue weighted by Gasteiger charge is -2.14. The molecule has 132 valence electrons. The molecule has 0 aromatic heterocycles. The number of nitrogens with one attached hydrogen (secondary N) is 1. The Hall–Kier alpha value is -2.34. The van der Waals surface area contributed by atoms with E-state index in [0.717, 1.165) is 10.5 Å². The van der Waals surface area contributed by atoms with Gasteiger partial charge in [0.2, 0.25) is 0 Å². The van der Waals surface area contributed by atoms with Gasteiger partial charge in [-0.2, -0.15) is 0 Å². The summed E-state index contributed by atoms with van der Waals surface area (Å²) in [6, 6.07) is 11.8. The van der Waals surface area contributed by atoms with Crippen LogP contribution in [-0.4, -0.2) is 23.7 Å². The van der Waals surface area contributed by atoms with E-state index < -0.39 is 23.8 Å². The van der Waals surface area contributed by atoms with E-state index >= 15 is 0 Å². The summed E-state index contributed by atoms with van der Waals surface area (Å²) in [5.74, 6) is -1.52. The minimum absolute atomic E-state index is 0.0555. The summed E-state index contributed by atoms with van der Waals surface area (Å²) >= 11 is 1.35. The van der Waals surface area contributed by atoms with Gasteiger partial charge in [0.1, 0.15) is 5.82 Å². The van der Waals surface area contributed by atoms with Crippen LogP contribution in [0.2, 0.25) is 0 Å². The van der Waals surface area contributed by atoms with Gasteiger partial charge in [-0.15, -0.1) is 11.8 Å². The molecular weight excluding hydrogens is 341 g/mol. The number of halogens is 1. The van der Waals surface area contributed by atoms with Crippen molar-refractivity contribution < 1.29 is 18.7 Å². The maximum atomic E-state index is 13.5. The van der Waals surface area contributed by atoms with Gasteiger partial charge < -0.3 is 10.1 Å². The van der Waals surface area contributed by atoms with Gasteiger partial charge in [-0.1, -0.05) is 18.2 Å². The number of rotatable bonds is 6. The molecule has 6 heteroatoms. The molecule has 0 saturated heterocycles. The SMILES string of the molecule is Cc1ccc(SCC(=O)O[C@@H](C)C(=O)Nc2ccccc2F)cc1C. The molecule has 0 heterocycles. The van der Waals surface area contributed by atoms with E-state index in [1.807, 2.05) is 32.0 Å². The molecule has 0 aliphatic rings. The number of carbonyl (C=O) groups excluding carboxylic acids is 2. The fraction of sp³-hybridized carbons (Fsp3) is 0.263. The summed E-state index contributed by atoms with van der Waals surface area (Å²) < 4.78 is 18.6. The van der Waals surface area contributed by atoms with Gasteiger partial charge in [0.05, 0.1) is 11.4 Å². The number of hydrogen-bond donors (Lipinski definition) is 1. The summed E-state index contributed by atoms with van der Waals surface area (Å²) in [6.45, 7) is 5.48. The average Bonchev–Trinajstić information content (AvgIpc) is 2.58. The largest absolute Gasteiger partial charge is 0.452 e. The normalized spacial score (nSPS) is 11.7. The lowest BCUT2D eigenvalue weighted by Crippen LogP contribution is -2.30. The Morgan fingerprint density at radius 2 is 1.88 bits per heavy atom. The fourth-order valence-electron chi connectivity index (χ4n) is 2.03. The van der Waals surface area contributed by atoms with E-state index in [4.69, 9.17) is 4.74 Å². The second-order valence-electron chi connectivity index (χ2n) is 5.64. The highest BCUT2D eigenvalue weighted by molar-refractivity contribution is 8.00. The van der Waals surface area contributed by atoms with Crippen molar-refractivity contribution in [3.8, 4) is 0 Å². The maximum absolute atomic E-state index is 13.5. The van der Waals surface area contributed by atoms with E-state index in [1.165, 1.54) is 42.4 Å². The zero-order chi connectivity index (χ0) is 18.4. The molecule has 4 nitrogen and oxygen atoms in total. The van der Waals surface area contributed by atoms with Crippen molar-refractivity contribution in [1.82, 2.24) is 0 Å². The van der Waals surface area contributed by atoms with Crippen LogP contribution in [0.3, 0.4) is 0 Å². The first-order valence-corrected chi connectivity index (χ1v) is 8.80. The van der Waals surface area contributed by atoms with Crippen LogP contribution in [0, 0.1) is 19.7 Å². The zero-order valence-corrected chi connectivity index (χ0v) is 15.2. The van der Waals surface area contributed by atoms with Gasteiger partial charge >= 0.3 is 5.97 Å². The van der Waals surface area contributed by atoms with Crippen LogP contribution in [0.5, 0.6) is 0 Å². The van der Waals surface area contributed by atoms with E-state index in [9.17, 15) is 14.0 Å². The number of carbonyl (C=O) groups is 2. The Kier molecular flexibility index (Phi) is 6.58. The topological polar surface area (TPSA) is 55.4 Å². The van der Waals surface area contributed by atoms with Crippen molar-refractivity contribution in [2.45, 2.75) is 31.8 Å². The number of anilines is 1. The van der Waals surface area contributed by atoms with E-state index in [0.29, 0.717) is 0 Å². The lowest BCUT2D eigenvalue weighted by atomic mass is 10.1. The third kappa shape index (κ3) is 5.60. The molecule has 0 unspecified atom stereocenters. The predicted octanol–water partition coefficient (Wildman–Crippen LogP) is 4.11. The molecule has 2 rings (SSSR count). The minimum atomic E-state index is -1.01. The molecule has 1 amide bonds. The highest BCUT2D eigenvalue weighted by Crippen LogP contribution is 2.21. The van der Waals surface area contributed by atoms with Gasteiger partial charge in [0.15, 0.2) is 6.10 Å². The number of aryl methyl sites for hydroxylation is 2. The second-order valence-corrected chi connectivity index (χ2v) is 6.68. The molecule has 2 aromatic carbocycles. The van der Waals surface area contributed by atoms with Crippen molar-refractivity contribution in [3.63, 3.8) is 0 Å². The first-order valence-electron chi connectivity index (χ1n) is 7.81. The molecule has 0 bridgehead atoms. The molecule has 0 radical (unpaired) electrons. The summed E-state index contributed by atoms with van der Waals surface area (Å²) in [4.78, 5) is 24.9. The van der Waals surface area contributed by atoms with Crippen LogP contribution in [0.15, 0.2) is 47.4 Å². The molecular formula is C19H20FNO3S. The highest BCUT2D eigenvalue weighted by Gasteiger charge is 2.19. The minimum Gasteiger partial charge on any atom is -0.452 e. The zero-order valence-electron chi connectivity index (χ0n) is 14.3. The first kappa shape index (κ1) is 19.0. The molecule has 1 atom stereocenters. The molecule has 0 spiro atoms. The maximum Gasteiger partial charge on any atom is 0.317 e. The third-order valence-electron chi connectivity index (χ3n) is 3.64. The van der Waals surface area contributed by atoms with Crippen LogP contribution in [0.25, 0.3) is 0 Å². The van der Waals surface area contributed by atoms with Crippen molar-refractivity contribution in [1.29, 1.82) is 0 Å². The number of amides is 1. The van der Waals surface area contributed by atoms with Crippen LogP contribution in [-0.2, 0) is 14.3 Å². The standard InChI is InChI=1S/C19H20FNO3S/c1-12-8-9-15(10-13(12)2)25-11-18(22)24-14(3)19(23)21-17-7-5-4-6-16(17)20/h4-10,14H,11H2,1-3H3,(H,21,23)/t14-/m0/s1. The number of ether oxygens (including phenoxy) is 1. The van der Waals surface area contributed by atoms with E-state index in [-0.39, 0.29) is 11.4 Å². The fourth-order valence-corrected chi connectivity index (χ4v) is 2.80. The van der Waals surface area contributed by atoms with Gasteiger partial charge in [-0.05, 0) is 56.2 Å². The molecule has 1 N–H and O–H groups in total. The van der Waals surface area contributed by atoms with Gasteiger partial charge in [-0.25, -0.2) is 4.39 Å². The van der Waals surface area contributed by atoms with Gasteiger partial charge in [-0.3, -0.25) is 9.59 Å². The lowest BCUT2D eigenvalue weighted by molar-refractivity contribution is -0.150. The van der Waals surface area contributed by atoms with E-state index in [1.54, 1.807) is 6.07 Å². The number of hydrogen-bond acceptors (Lipinski definition) is 4. The van der Waals surface area contributed by atoms with Crippen LogP contribution in [0.4, 0.5) is 10.1 Å². The Morgan fingerprint density at radius 1 is 1.16 bits per heavy atom. The molecule has 25 heavy (non-hydrogen) atoms. The second kappa shape index (κ2) is 8.67. The highest BCUT2D eigenvalue weighted by atomic mass is 32.2. The summed E-state index contributed by atoms with van der Waals surface area (Å²) in [7, 11) is 0. The van der Waals surface area contributed by atoms with Crippen LogP contribution >= 0.6 is 11.8 Å². The summed E-state index contributed by atoms with van der Waals surface area (Å²) in [5.41, 5.74) is 2.39. The van der Waals surface area contributed by atoms with Crippen LogP contribution in [0.1, 0.15) is 18.1 Å². The molecule has 0 saturated carbocycles. The van der Waals surface area contributed by atoms with Crippen molar-refractivity contribution in [2.75, 3.05) is 11.1 Å². The molecule has 0 aliphatic heterocycles. The third-order valence-corrected chi connectivity index (χ3v) is 4.61. The van der Waals surface area contributed by atoms with Crippen molar-refractivity contribution in [2.24, 2.45) is 0 Å². The van der Waals surface area contributed by atoms with Crippen molar-refractivity contribution in [3.05, 3.63) is 59.4 Å². The number of esters is 1. The summed E-state index contributed by atoms with van der Waals surface area (Å²) in [6.07, 6.45) is -1.01. The molecule has 0 fully saturated rings. The van der Waals surface area contributed by atoms with Crippen LogP contribution < -0.4 is 5.32 Å². The number of thioether (sulfide) groups is 1. The van der Waals surface area contributed by atoms with Gasteiger partial charge in [0, 0.05) is 4.90 Å². The number of para-hydroxylation sites is 1. The Balaban J connectivity index is 1.83. The predicted molar refractivity (Wildman–Crippen MR) is 97.2 cm³/mol. The Morgan fingerprint density at radius 3 is 2.56 bits per heavy atom. The Bertz CT molecular complexity index is 779. The monoisotopic (exact) mass is 361 g/mol. The molecule has 2 aromatic rings.